The van der Waals surface area contributed by atoms with Crippen LogP contribution in [0, 0.1) is 11.3 Å². The Labute approximate surface area is 101 Å². The lowest BCUT2D eigenvalue weighted by molar-refractivity contribution is 1.47. The van der Waals surface area contributed by atoms with Crippen LogP contribution >= 0.6 is 0 Å². The summed E-state index contributed by atoms with van der Waals surface area (Å²) in [4.78, 5) is 0. The molecule has 0 amide bonds. The van der Waals surface area contributed by atoms with Crippen LogP contribution in [-0.4, -0.2) is 7.05 Å². The van der Waals surface area contributed by atoms with Crippen molar-refractivity contribution in [2.45, 2.75) is 0 Å². The van der Waals surface area contributed by atoms with Gasteiger partial charge in [-0.15, -0.1) is 0 Å². The lowest BCUT2D eigenvalue weighted by Crippen LogP contribution is -1.91. The fraction of sp³-hybridized carbons (Fsp3) is 0.0714. The van der Waals surface area contributed by atoms with Crippen molar-refractivity contribution in [2.75, 3.05) is 17.7 Å². The van der Waals surface area contributed by atoms with Crippen LogP contribution < -0.4 is 10.6 Å². The maximum Gasteiger partial charge on any atom is 0.0991 e. The van der Waals surface area contributed by atoms with Gasteiger partial charge in [-0.05, 0) is 48.5 Å². The van der Waals surface area contributed by atoms with Crippen LogP contribution in [0.5, 0.6) is 0 Å². The van der Waals surface area contributed by atoms with Gasteiger partial charge in [-0.3, -0.25) is 0 Å². The van der Waals surface area contributed by atoms with E-state index < -0.39 is 0 Å². The summed E-state index contributed by atoms with van der Waals surface area (Å²) in [7, 11) is 1.89. The Kier molecular flexibility index (Phi) is 3.27. The Bertz CT molecular complexity index is 521. The minimum atomic E-state index is 0.668. The monoisotopic (exact) mass is 223 g/mol. The molecule has 0 fully saturated rings. The molecule has 0 aliphatic carbocycles. The van der Waals surface area contributed by atoms with Gasteiger partial charge in [0.2, 0.25) is 0 Å². The molecular weight excluding hydrogens is 210 g/mol. The van der Waals surface area contributed by atoms with Crippen LogP contribution in [0.4, 0.5) is 17.1 Å². The molecule has 0 unspecified atom stereocenters. The summed E-state index contributed by atoms with van der Waals surface area (Å²) in [6, 6.07) is 17.5. The zero-order chi connectivity index (χ0) is 12.1. The summed E-state index contributed by atoms with van der Waals surface area (Å²) in [5.41, 5.74) is 3.74. The summed E-state index contributed by atoms with van der Waals surface area (Å²) < 4.78 is 0. The second-order valence-electron chi connectivity index (χ2n) is 3.64. The third kappa shape index (κ3) is 2.76. The van der Waals surface area contributed by atoms with Crippen molar-refractivity contribution in [3.8, 4) is 6.07 Å². The molecule has 0 saturated heterocycles. The summed E-state index contributed by atoms with van der Waals surface area (Å²) in [5.74, 6) is 0. The zero-order valence-corrected chi connectivity index (χ0v) is 9.57. The molecule has 2 rings (SSSR count). The highest BCUT2D eigenvalue weighted by Gasteiger charge is 1.95. The van der Waals surface area contributed by atoms with Crippen molar-refractivity contribution in [2.24, 2.45) is 0 Å². The van der Waals surface area contributed by atoms with E-state index in [2.05, 4.69) is 16.7 Å². The largest absolute Gasteiger partial charge is 0.388 e. The summed E-state index contributed by atoms with van der Waals surface area (Å²) in [5, 5.41) is 15.0. The topological polar surface area (TPSA) is 47.8 Å². The predicted octanol–water partition coefficient (Wildman–Crippen LogP) is 3.34. The summed E-state index contributed by atoms with van der Waals surface area (Å²) in [6.45, 7) is 0. The van der Waals surface area contributed by atoms with Gasteiger partial charge in [0.15, 0.2) is 0 Å². The van der Waals surface area contributed by atoms with E-state index in [-0.39, 0.29) is 0 Å². The predicted molar refractivity (Wildman–Crippen MR) is 70.4 cm³/mol. The quantitative estimate of drug-likeness (QED) is 0.838. The number of nitrogens with zero attached hydrogens (tertiary/aromatic N) is 1. The van der Waals surface area contributed by atoms with Gasteiger partial charge < -0.3 is 10.6 Å². The molecule has 2 aromatic rings. The Morgan fingerprint density at radius 1 is 0.824 bits per heavy atom. The number of benzene rings is 2. The molecule has 3 heteroatoms. The number of anilines is 3. The first-order chi connectivity index (χ1) is 8.31. The van der Waals surface area contributed by atoms with Crippen LogP contribution in [0.15, 0.2) is 48.5 Å². The van der Waals surface area contributed by atoms with Gasteiger partial charge in [-0.25, -0.2) is 0 Å². The molecule has 3 nitrogen and oxygen atoms in total. The van der Waals surface area contributed by atoms with Crippen LogP contribution in [0.1, 0.15) is 5.56 Å². The Hall–Kier alpha value is -2.47. The second-order valence-corrected chi connectivity index (χ2v) is 3.64. The third-order valence-electron chi connectivity index (χ3n) is 2.48. The van der Waals surface area contributed by atoms with Gasteiger partial charge in [0.1, 0.15) is 0 Å². The lowest BCUT2D eigenvalue weighted by Gasteiger charge is -2.07. The first-order valence-electron chi connectivity index (χ1n) is 5.37. The molecule has 84 valence electrons. The van der Waals surface area contributed by atoms with E-state index in [1.807, 2.05) is 43.4 Å². The van der Waals surface area contributed by atoms with E-state index in [4.69, 9.17) is 5.26 Å². The van der Waals surface area contributed by atoms with Crippen LogP contribution in [0.25, 0.3) is 0 Å². The molecule has 0 aromatic heterocycles. The summed E-state index contributed by atoms with van der Waals surface area (Å²) >= 11 is 0. The zero-order valence-electron chi connectivity index (χ0n) is 9.57. The molecule has 2 N–H and O–H groups in total. The average molecular weight is 223 g/mol. The number of nitriles is 1. The molecule has 2 aromatic carbocycles. The molecular formula is C14H13N3. The van der Waals surface area contributed by atoms with Crippen molar-refractivity contribution >= 4 is 17.1 Å². The van der Waals surface area contributed by atoms with E-state index in [0.717, 1.165) is 17.1 Å². The maximum atomic E-state index is 8.70. The van der Waals surface area contributed by atoms with E-state index in [1.165, 1.54) is 0 Å². The van der Waals surface area contributed by atoms with Crippen molar-refractivity contribution in [3.63, 3.8) is 0 Å². The average Bonchev–Trinajstić information content (AvgIpc) is 2.40. The highest BCUT2D eigenvalue weighted by molar-refractivity contribution is 5.62. The molecule has 0 bridgehead atoms. The minimum Gasteiger partial charge on any atom is -0.388 e. The molecule has 0 saturated carbocycles. The fourth-order valence-corrected chi connectivity index (χ4v) is 1.51. The van der Waals surface area contributed by atoms with Crippen LogP contribution in [-0.2, 0) is 0 Å². The van der Waals surface area contributed by atoms with Crippen molar-refractivity contribution in [1.29, 1.82) is 5.26 Å². The van der Waals surface area contributed by atoms with Crippen molar-refractivity contribution < 1.29 is 0 Å². The Balaban J connectivity index is 2.11. The van der Waals surface area contributed by atoms with Gasteiger partial charge in [-0.2, -0.15) is 5.26 Å². The summed E-state index contributed by atoms with van der Waals surface area (Å²) in [6.07, 6.45) is 0. The maximum absolute atomic E-state index is 8.70. The standard InChI is InChI=1S/C14H13N3/c1-16-12-6-8-14(9-7-12)17-13-4-2-11(10-15)3-5-13/h2-9,16-17H,1H3. The van der Waals surface area contributed by atoms with Gasteiger partial charge >= 0.3 is 0 Å². The van der Waals surface area contributed by atoms with Crippen LogP contribution in [0.2, 0.25) is 0 Å². The molecule has 0 atom stereocenters. The Morgan fingerprint density at radius 2 is 1.29 bits per heavy atom. The highest BCUT2D eigenvalue weighted by atomic mass is 14.9. The first kappa shape index (κ1) is 11.0. The molecule has 0 aliphatic rings. The molecule has 0 radical (unpaired) electrons. The van der Waals surface area contributed by atoms with Gasteiger partial charge in [0.05, 0.1) is 11.6 Å². The van der Waals surface area contributed by atoms with E-state index in [1.54, 1.807) is 12.1 Å². The molecule has 0 spiro atoms. The second kappa shape index (κ2) is 5.04. The van der Waals surface area contributed by atoms with Crippen molar-refractivity contribution in [3.05, 3.63) is 54.1 Å². The van der Waals surface area contributed by atoms with Gasteiger partial charge in [0, 0.05) is 24.1 Å². The SMILES string of the molecule is CNc1ccc(Nc2ccc(C#N)cc2)cc1. The minimum absolute atomic E-state index is 0.668. The third-order valence-corrected chi connectivity index (χ3v) is 2.48. The Morgan fingerprint density at radius 3 is 1.76 bits per heavy atom. The van der Waals surface area contributed by atoms with E-state index >= 15 is 0 Å². The molecule has 0 heterocycles. The number of hydrogen-bond acceptors (Lipinski definition) is 3. The van der Waals surface area contributed by atoms with Crippen LogP contribution in [0.3, 0.4) is 0 Å². The number of rotatable bonds is 3. The highest BCUT2D eigenvalue weighted by Crippen LogP contribution is 2.18. The van der Waals surface area contributed by atoms with E-state index in [0.29, 0.717) is 5.56 Å². The van der Waals surface area contributed by atoms with Gasteiger partial charge in [0.25, 0.3) is 0 Å². The number of hydrogen-bond donors (Lipinski definition) is 2. The number of nitrogens with one attached hydrogen (secondary N) is 2. The fourth-order valence-electron chi connectivity index (χ4n) is 1.51. The molecule has 0 aliphatic heterocycles. The normalized spacial score (nSPS) is 9.41. The lowest BCUT2D eigenvalue weighted by atomic mass is 10.2. The van der Waals surface area contributed by atoms with Gasteiger partial charge in [-0.1, -0.05) is 0 Å². The van der Waals surface area contributed by atoms with E-state index in [9.17, 15) is 0 Å². The smallest absolute Gasteiger partial charge is 0.0991 e. The van der Waals surface area contributed by atoms with Crippen molar-refractivity contribution in [1.82, 2.24) is 0 Å². The molecule has 17 heavy (non-hydrogen) atoms. The first-order valence-corrected chi connectivity index (χ1v) is 5.37.